The highest BCUT2D eigenvalue weighted by molar-refractivity contribution is 9.10. The van der Waals surface area contributed by atoms with Gasteiger partial charge in [-0.1, -0.05) is 41.9 Å². The summed E-state index contributed by atoms with van der Waals surface area (Å²) in [6, 6.07) is 21.6. The second-order valence-corrected chi connectivity index (χ2v) is 11.0. The average molecular weight is 632 g/mol. The Morgan fingerprint density at radius 2 is 1.76 bits per heavy atom. The van der Waals surface area contributed by atoms with E-state index >= 15 is 0 Å². The van der Waals surface area contributed by atoms with Gasteiger partial charge in [0.05, 0.1) is 34.8 Å². The summed E-state index contributed by atoms with van der Waals surface area (Å²) in [5.74, 6) is -0.732. The molecule has 0 fully saturated rings. The molecule has 41 heavy (non-hydrogen) atoms. The molecule has 0 aliphatic carbocycles. The van der Waals surface area contributed by atoms with Crippen LogP contribution >= 0.6 is 27.5 Å². The van der Waals surface area contributed by atoms with E-state index in [4.69, 9.17) is 17.3 Å². The van der Waals surface area contributed by atoms with Gasteiger partial charge in [-0.25, -0.2) is 4.52 Å². The maximum atomic E-state index is 14.1. The highest BCUT2D eigenvalue weighted by Gasteiger charge is 2.29. The first-order valence-electron chi connectivity index (χ1n) is 12.9. The van der Waals surface area contributed by atoms with Crippen molar-refractivity contribution in [2.24, 2.45) is 5.73 Å². The van der Waals surface area contributed by atoms with E-state index in [9.17, 15) is 14.4 Å². The molecule has 5 aromatic rings. The molecule has 1 aliphatic heterocycles. The monoisotopic (exact) mass is 630 g/mol. The molecule has 3 N–H and O–H groups in total. The van der Waals surface area contributed by atoms with Crippen molar-refractivity contribution in [1.29, 1.82) is 0 Å². The van der Waals surface area contributed by atoms with Crippen LogP contribution in [0, 0.1) is 0 Å². The molecule has 0 bridgehead atoms. The standard InChI is InChI=1S/C30H24BrClN6O3/c31-23-11-8-20(14-24(23)32)29(40)36-13-12-22-26(17-36)38-28(25(16-35-38)34-15-18-4-2-1-3-5-18)37(30(22)41)21-9-6-19(7-10-21)27(33)39/h1-11,14,16,34H,12-13,15,17H2,(H2,33,39). The first kappa shape index (κ1) is 26.8. The minimum Gasteiger partial charge on any atom is -0.377 e. The van der Waals surface area contributed by atoms with Crippen LogP contribution in [-0.4, -0.2) is 37.4 Å². The largest absolute Gasteiger partial charge is 0.377 e. The second-order valence-electron chi connectivity index (χ2n) is 9.72. The number of anilines is 1. The van der Waals surface area contributed by atoms with E-state index in [1.165, 1.54) is 0 Å². The molecule has 3 aromatic carbocycles. The predicted octanol–water partition coefficient (Wildman–Crippen LogP) is 4.81. The summed E-state index contributed by atoms with van der Waals surface area (Å²) in [5, 5.41) is 8.52. The molecule has 6 rings (SSSR count). The predicted molar refractivity (Wildman–Crippen MR) is 161 cm³/mol. The molecule has 206 valence electrons. The van der Waals surface area contributed by atoms with Gasteiger partial charge in [0.1, 0.15) is 0 Å². The Morgan fingerprint density at radius 3 is 2.46 bits per heavy atom. The molecule has 0 spiro atoms. The fraction of sp³-hybridized carbons (Fsp3) is 0.133. The van der Waals surface area contributed by atoms with Gasteiger partial charge in [-0.2, -0.15) is 5.10 Å². The Kier molecular flexibility index (Phi) is 7.10. The topological polar surface area (TPSA) is 115 Å². The first-order chi connectivity index (χ1) is 19.8. The summed E-state index contributed by atoms with van der Waals surface area (Å²) in [6.07, 6.45) is 2.04. The van der Waals surface area contributed by atoms with Crippen molar-refractivity contribution in [3.8, 4) is 5.69 Å². The quantitative estimate of drug-likeness (QED) is 0.279. The van der Waals surface area contributed by atoms with Crippen LogP contribution in [-0.2, 0) is 19.5 Å². The Balaban J connectivity index is 1.45. The van der Waals surface area contributed by atoms with Gasteiger partial charge < -0.3 is 16.0 Å². The molecule has 2 amide bonds. The van der Waals surface area contributed by atoms with Gasteiger partial charge in [-0.3, -0.25) is 19.0 Å². The molecular formula is C30H24BrClN6O3. The number of amides is 2. The van der Waals surface area contributed by atoms with Crippen LogP contribution in [0.1, 0.15) is 37.5 Å². The van der Waals surface area contributed by atoms with E-state index in [1.54, 1.807) is 62.6 Å². The van der Waals surface area contributed by atoms with E-state index in [2.05, 4.69) is 26.3 Å². The SMILES string of the molecule is NC(=O)c1ccc(-n2c(=O)c3c(n4ncc(NCc5ccccc5)c24)CN(C(=O)c2ccc(Br)c(Cl)c2)CC3)cc1. The molecular weight excluding hydrogens is 608 g/mol. The van der Waals surface area contributed by atoms with Crippen LogP contribution in [0.3, 0.4) is 0 Å². The lowest BCUT2D eigenvalue weighted by Crippen LogP contribution is -2.41. The second kappa shape index (κ2) is 10.9. The van der Waals surface area contributed by atoms with Crippen molar-refractivity contribution in [2.45, 2.75) is 19.5 Å². The van der Waals surface area contributed by atoms with E-state index in [0.717, 1.165) is 5.56 Å². The maximum Gasteiger partial charge on any atom is 0.261 e. The molecule has 0 radical (unpaired) electrons. The third-order valence-electron chi connectivity index (χ3n) is 7.18. The Bertz CT molecular complexity index is 1870. The number of nitrogens with two attached hydrogens (primary N) is 1. The van der Waals surface area contributed by atoms with Gasteiger partial charge in [0.25, 0.3) is 11.5 Å². The van der Waals surface area contributed by atoms with Crippen molar-refractivity contribution in [1.82, 2.24) is 19.1 Å². The van der Waals surface area contributed by atoms with E-state index in [0.29, 0.717) is 68.4 Å². The molecule has 0 atom stereocenters. The Labute approximate surface area is 248 Å². The summed E-state index contributed by atoms with van der Waals surface area (Å²) in [7, 11) is 0. The van der Waals surface area contributed by atoms with Gasteiger partial charge in [-0.15, -0.1) is 0 Å². The zero-order valence-electron chi connectivity index (χ0n) is 21.7. The lowest BCUT2D eigenvalue weighted by molar-refractivity contribution is 0.0729. The highest BCUT2D eigenvalue weighted by atomic mass is 79.9. The summed E-state index contributed by atoms with van der Waals surface area (Å²) in [5.41, 5.74) is 10.1. The number of aromatic nitrogens is 3. The van der Waals surface area contributed by atoms with Crippen molar-refractivity contribution in [3.05, 3.63) is 127 Å². The van der Waals surface area contributed by atoms with Crippen LogP contribution < -0.4 is 16.6 Å². The molecule has 9 nitrogen and oxygen atoms in total. The highest BCUT2D eigenvalue weighted by Crippen LogP contribution is 2.28. The van der Waals surface area contributed by atoms with E-state index in [1.807, 2.05) is 30.3 Å². The number of carbonyl (C=O) groups is 2. The minimum absolute atomic E-state index is 0.181. The van der Waals surface area contributed by atoms with Gasteiger partial charge in [0.15, 0.2) is 5.65 Å². The number of carbonyl (C=O) groups excluding carboxylic acids is 2. The number of rotatable bonds is 6. The molecule has 2 aromatic heterocycles. The van der Waals surface area contributed by atoms with Crippen LogP contribution in [0.25, 0.3) is 11.3 Å². The minimum atomic E-state index is -0.550. The maximum absolute atomic E-state index is 14.1. The number of benzene rings is 3. The molecule has 0 saturated carbocycles. The molecule has 0 unspecified atom stereocenters. The van der Waals surface area contributed by atoms with Crippen LogP contribution in [0.15, 0.2) is 88.3 Å². The van der Waals surface area contributed by atoms with Crippen molar-refractivity contribution >= 4 is 50.7 Å². The van der Waals surface area contributed by atoms with Crippen molar-refractivity contribution < 1.29 is 9.59 Å². The van der Waals surface area contributed by atoms with Crippen LogP contribution in [0.2, 0.25) is 5.02 Å². The van der Waals surface area contributed by atoms with Crippen molar-refractivity contribution in [2.75, 3.05) is 11.9 Å². The van der Waals surface area contributed by atoms with Gasteiger partial charge >= 0.3 is 0 Å². The summed E-state index contributed by atoms with van der Waals surface area (Å²) in [4.78, 5) is 40.9. The third kappa shape index (κ3) is 5.00. The number of nitrogens with one attached hydrogen (secondary N) is 1. The fourth-order valence-electron chi connectivity index (χ4n) is 5.07. The number of hydrogen-bond acceptors (Lipinski definition) is 5. The van der Waals surface area contributed by atoms with Crippen molar-refractivity contribution in [3.63, 3.8) is 0 Å². The Hall–Kier alpha value is -4.41. The summed E-state index contributed by atoms with van der Waals surface area (Å²) in [6.45, 7) is 1.08. The average Bonchev–Trinajstić information content (AvgIpc) is 3.41. The normalized spacial score (nSPS) is 12.8. The van der Waals surface area contributed by atoms with Gasteiger partial charge in [0, 0.05) is 34.3 Å². The number of nitrogens with zero attached hydrogens (tertiary/aromatic N) is 4. The lowest BCUT2D eigenvalue weighted by Gasteiger charge is -2.29. The van der Waals surface area contributed by atoms with Gasteiger partial charge in [0.2, 0.25) is 5.91 Å². The molecule has 11 heteroatoms. The summed E-state index contributed by atoms with van der Waals surface area (Å²) >= 11 is 9.61. The number of fused-ring (bicyclic) bond motifs is 3. The third-order valence-corrected chi connectivity index (χ3v) is 8.42. The summed E-state index contributed by atoms with van der Waals surface area (Å²) < 4.78 is 4.02. The van der Waals surface area contributed by atoms with Crippen LogP contribution in [0.4, 0.5) is 5.69 Å². The number of halogens is 2. The molecule has 1 aliphatic rings. The Morgan fingerprint density at radius 1 is 1.02 bits per heavy atom. The fourth-order valence-corrected chi connectivity index (χ4v) is 5.50. The van der Waals surface area contributed by atoms with E-state index in [-0.39, 0.29) is 18.0 Å². The first-order valence-corrected chi connectivity index (χ1v) is 14.1. The van der Waals surface area contributed by atoms with Gasteiger partial charge in [-0.05, 0) is 70.4 Å². The molecule has 3 heterocycles. The molecule has 0 saturated heterocycles. The van der Waals surface area contributed by atoms with Crippen LogP contribution in [0.5, 0.6) is 0 Å². The zero-order chi connectivity index (χ0) is 28.7. The number of hydrogen-bond donors (Lipinski definition) is 2. The lowest BCUT2D eigenvalue weighted by atomic mass is 10.0. The number of primary amides is 1. The smallest absolute Gasteiger partial charge is 0.261 e. The van der Waals surface area contributed by atoms with E-state index < -0.39 is 5.91 Å². The zero-order valence-corrected chi connectivity index (χ0v) is 24.0.